The van der Waals surface area contributed by atoms with Crippen LogP contribution in [0.5, 0.6) is 0 Å². The van der Waals surface area contributed by atoms with Gasteiger partial charge in [0.05, 0.1) is 24.6 Å². The molecule has 3 aliphatic rings. The Morgan fingerprint density at radius 3 is 2.60 bits per heavy atom. The molecule has 40 heavy (non-hydrogen) atoms. The van der Waals surface area contributed by atoms with E-state index < -0.39 is 0 Å². The number of piperidine rings is 1. The van der Waals surface area contributed by atoms with E-state index in [2.05, 4.69) is 44.7 Å². The maximum Gasteiger partial charge on any atom is 0.319 e. The second-order valence-electron chi connectivity index (χ2n) is 11.2. The quantitative estimate of drug-likeness (QED) is 0.438. The van der Waals surface area contributed by atoms with Crippen LogP contribution in [0, 0.1) is 5.92 Å². The SMILES string of the molecule is CCC(=O)N1CCCCC1C1CC1NC(=O)Nc1ccc(-c2ccc(CN3CCOCC3)nc2)c2ccccc12. The summed E-state index contributed by atoms with van der Waals surface area (Å²) < 4.78 is 5.45. The second-order valence-corrected chi connectivity index (χ2v) is 11.2. The number of likely N-dealkylation sites (tertiary alicyclic amines) is 1. The number of hydrogen-bond acceptors (Lipinski definition) is 5. The summed E-state index contributed by atoms with van der Waals surface area (Å²) in [5, 5.41) is 8.33. The van der Waals surface area contributed by atoms with E-state index in [1.807, 2.05) is 37.4 Å². The van der Waals surface area contributed by atoms with Crippen molar-refractivity contribution in [2.45, 2.75) is 57.7 Å². The maximum absolute atomic E-state index is 13.0. The zero-order valence-electron chi connectivity index (χ0n) is 23.3. The number of morpholine rings is 1. The third kappa shape index (κ3) is 5.83. The topological polar surface area (TPSA) is 86.8 Å². The third-order valence-corrected chi connectivity index (χ3v) is 8.62. The minimum Gasteiger partial charge on any atom is -0.379 e. The molecule has 8 nitrogen and oxygen atoms in total. The number of carbonyl (C=O) groups is 2. The lowest BCUT2D eigenvalue weighted by molar-refractivity contribution is -0.135. The normalized spacial score (nSPS) is 23.1. The molecule has 1 saturated carbocycles. The average molecular weight is 542 g/mol. The van der Waals surface area contributed by atoms with Crippen molar-refractivity contribution < 1.29 is 14.3 Å². The van der Waals surface area contributed by atoms with Crippen LogP contribution in [0.4, 0.5) is 10.5 Å². The van der Waals surface area contributed by atoms with Gasteiger partial charge in [0.15, 0.2) is 0 Å². The van der Waals surface area contributed by atoms with Gasteiger partial charge in [0.25, 0.3) is 0 Å². The molecule has 1 aliphatic carbocycles. The van der Waals surface area contributed by atoms with Crippen LogP contribution in [-0.2, 0) is 16.1 Å². The molecule has 8 heteroatoms. The maximum atomic E-state index is 13.0. The monoisotopic (exact) mass is 541 g/mol. The number of ether oxygens (including phenoxy) is 1. The molecule has 3 atom stereocenters. The lowest BCUT2D eigenvalue weighted by atomic mass is 9.97. The third-order valence-electron chi connectivity index (χ3n) is 8.62. The number of amides is 3. The molecule has 3 heterocycles. The Balaban J connectivity index is 1.12. The van der Waals surface area contributed by atoms with Crippen molar-refractivity contribution in [2.75, 3.05) is 38.2 Å². The summed E-state index contributed by atoms with van der Waals surface area (Å²) in [5.74, 6) is 0.577. The van der Waals surface area contributed by atoms with Crippen LogP contribution >= 0.6 is 0 Å². The molecule has 3 unspecified atom stereocenters. The highest BCUT2D eigenvalue weighted by Gasteiger charge is 2.47. The lowest BCUT2D eigenvalue weighted by Gasteiger charge is -2.36. The number of urea groups is 1. The van der Waals surface area contributed by atoms with Crippen molar-refractivity contribution in [3.63, 3.8) is 0 Å². The van der Waals surface area contributed by atoms with E-state index in [1.54, 1.807) is 0 Å². The molecule has 3 aromatic rings. The van der Waals surface area contributed by atoms with Gasteiger partial charge in [0.2, 0.25) is 5.91 Å². The van der Waals surface area contributed by atoms with Gasteiger partial charge in [-0.2, -0.15) is 0 Å². The van der Waals surface area contributed by atoms with Gasteiger partial charge < -0.3 is 20.3 Å². The van der Waals surface area contributed by atoms with Gasteiger partial charge in [-0.1, -0.05) is 43.3 Å². The average Bonchev–Trinajstić information content (AvgIpc) is 3.76. The van der Waals surface area contributed by atoms with Gasteiger partial charge in [-0.3, -0.25) is 14.7 Å². The smallest absolute Gasteiger partial charge is 0.319 e. The summed E-state index contributed by atoms with van der Waals surface area (Å²) in [5.41, 5.74) is 3.98. The van der Waals surface area contributed by atoms with E-state index >= 15 is 0 Å². The fraction of sp³-hybridized carbons (Fsp3) is 0.469. The van der Waals surface area contributed by atoms with Gasteiger partial charge >= 0.3 is 6.03 Å². The van der Waals surface area contributed by atoms with Gasteiger partial charge in [-0.25, -0.2) is 4.79 Å². The first-order valence-electron chi connectivity index (χ1n) is 14.7. The van der Waals surface area contributed by atoms with Crippen molar-refractivity contribution >= 4 is 28.4 Å². The van der Waals surface area contributed by atoms with E-state index in [0.29, 0.717) is 12.3 Å². The molecule has 0 radical (unpaired) electrons. The Bertz CT molecular complexity index is 1350. The molecule has 0 bridgehead atoms. The summed E-state index contributed by atoms with van der Waals surface area (Å²) >= 11 is 0. The molecule has 3 fully saturated rings. The van der Waals surface area contributed by atoms with E-state index in [-0.39, 0.29) is 24.0 Å². The molecule has 2 N–H and O–H groups in total. The molecule has 2 saturated heterocycles. The second kappa shape index (κ2) is 11.9. The fourth-order valence-electron chi connectivity index (χ4n) is 6.37. The lowest BCUT2D eigenvalue weighted by Crippen LogP contribution is -2.46. The van der Waals surface area contributed by atoms with Crippen molar-refractivity contribution in [2.24, 2.45) is 5.92 Å². The first-order chi connectivity index (χ1) is 19.6. The van der Waals surface area contributed by atoms with Crippen LogP contribution in [0.3, 0.4) is 0 Å². The molecular formula is C32H39N5O3. The Labute approximate surface area is 236 Å². The Morgan fingerprint density at radius 1 is 1.00 bits per heavy atom. The number of pyridine rings is 1. The van der Waals surface area contributed by atoms with Crippen LogP contribution in [0.15, 0.2) is 54.7 Å². The first-order valence-corrected chi connectivity index (χ1v) is 14.7. The Hall–Kier alpha value is -3.49. The first kappa shape index (κ1) is 26.7. The van der Waals surface area contributed by atoms with Gasteiger partial charge in [-0.15, -0.1) is 0 Å². The molecule has 3 amide bonds. The van der Waals surface area contributed by atoms with Crippen LogP contribution in [0.2, 0.25) is 0 Å². The van der Waals surface area contributed by atoms with Crippen molar-refractivity contribution in [3.05, 3.63) is 60.4 Å². The van der Waals surface area contributed by atoms with Crippen LogP contribution in [-0.4, -0.2) is 71.7 Å². The van der Waals surface area contributed by atoms with Crippen molar-refractivity contribution in [1.29, 1.82) is 0 Å². The number of benzene rings is 2. The zero-order chi connectivity index (χ0) is 27.5. The molecule has 2 aliphatic heterocycles. The predicted molar refractivity (Wildman–Crippen MR) is 157 cm³/mol. The molecule has 6 rings (SSSR count). The molecular weight excluding hydrogens is 502 g/mol. The van der Waals surface area contributed by atoms with E-state index in [9.17, 15) is 9.59 Å². The standard InChI is InChI=1S/C32H39N5O3/c1-2-31(38)37-14-6-5-9-30(37)27-19-29(27)35-32(39)34-28-13-12-24(25-7-3-4-8-26(25)28)22-10-11-23(33-20-22)21-36-15-17-40-18-16-36/h3-4,7-8,10-13,20,27,29-30H,2,5-6,9,14-19,21H2,1H3,(H2,34,35,39). The summed E-state index contributed by atoms with van der Waals surface area (Å²) in [7, 11) is 0. The van der Waals surface area contributed by atoms with Crippen LogP contribution < -0.4 is 10.6 Å². The van der Waals surface area contributed by atoms with Gasteiger partial charge in [0, 0.05) is 67.7 Å². The number of aromatic nitrogens is 1. The number of hydrogen-bond donors (Lipinski definition) is 2. The largest absolute Gasteiger partial charge is 0.379 e. The number of fused-ring (bicyclic) bond motifs is 1. The highest BCUT2D eigenvalue weighted by Crippen LogP contribution is 2.40. The fourth-order valence-corrected chi connectivity index (χ4v) is 6.37. The highest BCUT2D eigenvalue weighted by molar-refractivity contribution is 6.07. The van der Waals surface area contributed by atoms with Crippen molar-refractivity contribution in [1.82, 2.24) is 20.1 Å². The number of rotatable bonds is 7. The molecule has 210 valence electrons. The number of nitrogens with one attached hydrogen (secondary N) is 2. The number of anilines is 1. The summed E-state index contributed by atoms with van der Waals surface area (Å²) in [6.07, 6.45) is 6.68. The highest BCUT2D eigenvalue weighted by atomic mass is 16.5. The minimum absolute atomic E-state index is 0.114. The molecule has 2 aromatic carbocycles. The van der Waals surface area contributed by atoms with E-state index in [0.717, 1.165) is 98.4 Å². The minimum atomic E-state index is -0.191. The van der Waals surface area contributed by atoms with E-state index in [4.69, 9.17) is 9.72 Å². The zero-order valence-corrected chi connectivity index (χ0v) is 23.3. The van der Waals surface area contributed by atoms with Gasteiger partial charge in [-0.05, 0) is 48.8 Å². The Kier molecular flexibility index (Phi) is 7.98. The summed E-state index contributed by atoms with van der Waals surface area (Å²) in [4.78, 5) is 34.7. The summed E-state index contributed by atoms with van der Waals surface area (Å²) in [6, 6.07) is 16.6. The molecule has 1 aromatic heterocycles. The van der Waals surface area contributed by atoms with Crippen LogP contribution in [0.1, 0.15) is 44.7 Å². The predicted octanol–water partition coefficient (Wildman–Crippen LogP) is 5.04. The van der Waals surface area contributed by atoms with E-state index in [1.165, 1.54) is 0 Å². The summed E-state index contributed by atoms with van der Waals surface area (Å²) in [6.45, 7) is 7.04. The van der Waals surface area contributed by atoms with Crippen molar-refractivity contribution in [3.8, 4) is 11.1 Å². The van der Waals surface area contributed by atoms with Crippen LogP contribution in [0.25, 0.3) is 21.9 Å². The number of carbonyl (C=O) groups excluding carboxylic acids is 2. The van der Waals surface area contributed by atoms with Gasteiger partial charge in [0.1, 0.15) is 0 Å². The Morgan fingerprint density at radius 2 is 1.82 bits per heavy atom. The molecule has 0 spiro atoms. The number of nitrogens with zero attached hydrogens (tertiary/aromatic N) is 3.